The third-order valence-electron chi connectivity index (χ3n) is 5.13. The molecule has 2 fully saturated rings. The van der Waals surface area contributed by atoms with Crippen LogP contribution in [0.4, 0.5) is 22.1 Å². The van der Waals surface area contributed by atoms with Crippen LogP contribution < -0.4 is 15.1 Å². The van der Waals surface area contributed by atoms with Crippen LogP contribution in [0.3, 0.4) is 0 Å². The molecule has 9 heteroatoms. The molecule has 1 N–H and O–H groups in total. The van der Waals surface area contributed by atoms with Gasteiger partial charge in [-0.3, -0.25) is 0 Å². The second-order valence-electron chi connectivity index (χ2n) is 7.14. The minimum absolute atomic E-state index is 0.0974. The standard InChI is InChI=1S/C20H25ClN6O2/c1-15-22-18(14-19(23-15)26-10-12-29-13-11-26)25-6-8-27(9-7-25)20(28)24-17-4-2-16(21)3-5-17/h2-5,14H,6-13H2,1H3,(H,24,28). The lowest BCUT2D eigenvalue weighted by Crippen LogP contribution is -2.50. The molecule has 0 atom stereocenters. The largest absolute Gasteiger partial charge is 0.378 e. The molecular formula is C20H25ClN6O2. The highest BCUT2D eigenvalue weighted by Gasteiger charge is 2.23. The maximum absolute atomic E-state index is 12.5. The summed E-state index contributed by atoms with van der Waals surface area (Å²) in [6.45, 7) is 7.77. The van der Waals surface area contributed by atoms with Crippen molar-refractivity contribution in [3.63, 3.8) is 0 Å². The van der Waals surface area contributed by atoms with Crippen LogP contribution in [0.2, 0.25) is 5.02 Å². The smallest absolute Gasteiger partial charge is 0.321 e. The van der Waals surface area contributed by atoms with Gasteiger partial charge in [0.2, 0.25) is 0 Å². The van der Waals surface area contributed by atoms with Crippen LogP contribution >= 0.6 is 11.6 Å². The van der Waals surface area contributed by atoms with Crippen molar-refractivity contribution in [2.75, 3.05) is 67.6 Å². The van der Waals surface area contributed by atoms with Gasteiger partial charge >= 0.3 is 6.03 Å². The van der Waals surface area contributed by atoms with E-state index >= 15 is 0 Å². The lowest BCUT2D eigenvalue weighted by atomic mass is 10.3. The van der Waals surface area contributed by atoms with Crippen LogP contribution in [-0.4, -0.2) is 73.4 Å². The van der Waals surface area contributed by atoms with Gasteiger partial charge in [0.15, 0.2) is 0 Å². The van der Waals surface area contributed by atoms with E-state index in [1.54, 1.807) is 24.3 Å². The number of hydrogen-bond donors (Lipinski definition) is 1. The lowest BCUT2D eigenvalue weighted by molar-refractivity contribution is 0.122. The normalized spacial score (nSPS) is 17.4. The van der Waals surface area contributed by atoms with Gasteiger partial charge in [-0.1, -0.05) is 11.6 Å². The van der Waals surface area contributed by atoms with Crippen LogP contribution in [0, 0.1) is 6.92 Å². The van der Waals surface area contributed by atoms with Crippen molar-refractivity contribution < 1.29 is 9.53 Å². The summed E-state index contributed by atoms with van der Waals surface area (Å²) in [7, 11) is 0. The molecule has 0 aliphatic carbocycles. The maximum Gasteiger partial charge on any atom is 0.321 e. The number of piperazine rings is 1. The van der Waals surface area contributed by atoms with E-state index in [1.165, 1.54) is 0 Å². The molecule has 154 valence electrons. The average Bonchev–Trinajstić information content (AvgIpc) is 2.75. The summed E-state index contributed by atoms with van der Waals surface area (Å²) >= 11 is 5.89. The van der Waals surface area contributed by atoms with Crippen molar-refractivity contribution in [3.05, 3.63) is 41.2 Å². The second kappa shape index (κ2) is 8.84. The predicted octanol–water partition coefficient (Wildman–Crippen LogP) is 2.63. The molecule has 1 aromatic carbocycles. The van der Waals surface area contributed by atoms with Crippen molar-refractivity contribution in [2.24, 2.45) is 0 Å². The molecule has 2 aliphatic heterocycles. The summed E-state index contributed by atoms with van der Waals surface area (Å²) in [4.78, 5) is 28.0. The van der Waals surface area contributed by atoms with Gasteiger partial charge < -0.3 is 24.8 Å². The first kappa shape index (κ1) is 19.7. The third kappa shape index (κ3) is 4.89. The first-order chi connectivity index (χ1) is 14.1. The van der Waals surface area contributed by atoms with Crippen LogP contribution in [0.15, 0.2) is 30.3 Å². The summed E-state index contributed by atoms with van der Waals surface area (Å²) in [6.07, 6.45) is 0. The van der Waals surface area contributed by atoms with Gasteiger partial charge in [0.1, 0.15) is 17.5 Å². The van der Waals surface area contributed by atoms with Crippen molar-refractivity contribution >= 4 is 35.0 Å². The van der Waals surface area contributed by atoms with E-state index in [0.717, 1.165) is 62.5 Å². The number of rotatable bonds is 3. The maximum atomic E-state index is 12.5. The third-order valence-corrected chi connectivity index (χ3v) is 5.38. The van der Waals surface area contributed by atoms with Gasteiger partial charge in [-0.05, 0) is 31.2 Å². The van der Waals surface area contributed by atoms with Crippen molar-refractivity contribution in [1.82, 2.24) is 14.9 Å². The van der Waals surface area contributed by atoms with Gasteiger partial charge in [-0.25, -0.2) is 14.8 Å². The molecule has 2 saturated heterocycles. The number of urea groups is 1. The molecule has 0 saturated carbocycles. The van der Waals surface area contributed by atoms with E-state index in [1.807, 2.05) is 17.9 Å². The van der Waals surface area contributed by atoms with Gasteiger partial charge in [-0.2, -0.15) is 0 Å². The Morgan fingerprint density at radius 1 is 0.966 bits per heavy atom. The second-order valence-corrected chi connectivity index (χ2v) is 7.58. The lowest BCUT2D eigenvalue weighted by Gasteiger charge is -2.36. The number of nitrogens with zero attached hydrogens (tertiary/aromatic N) is 5. The number of carbonyl (C=O) groups excluding carboxylic acids is 1. The summed E-state index contributed by atoms with van der Waals surface area (Å²) in [5.74, 6) is 2.61. The highest BCUT2D eigenvalue weighted by molar-refractivity contribution is 6.30. The van der Waals surface area contributed by atoms with E-state index in [2.05, 4.69) is 25.1 Å². The average molecular weight is 417 g/mol. The fourth-order valence-corrected chi connectivity index (χ4v) is 3.65. The Kier molecular flexibility index (Phi) is 6.01. The number of ether oxygens (including phenoxy) is 1. The molecule has 0 spiro atoms. The number of hydrogen-bond acceptors (Lipinski definition) is 6. The number of benzene rings is 1. The molecule has 0 unspecified atom stereocenters. The summed E-state index contributed by atoms with van der Waals surface area (Å²) < 4.78 is 5.44. The fraction of sp³-hybridized carbons (Fsp3) is 0.450. The SMILES string of the molecule is Cc1nc(N2CCOCC2)cc(N2CCN(C(=O)Nc3ccc(Cl)cc3)CC2)n1. The topological polar surface area (TPSA) is 73.8 Å². The zero-order valence-corrected chi connectivity index (χ0v) is 17.2. The zero-order valence-electron chi connectivity index (χ0n) is 16.5. The van der Waals surface area contributed by atoms with E-state index < -0.39 is 0 Å². The van der Waals surface area contributed by atoms with E-state index in [4.69, 9.17) is 16.3 Å². The monoisotopic (exact) mass is 416 g/mol. The van der Waals surface area contributed by atoms with E-state index in [-0.39, 0.29) is 6.03 Å². The van der Waals surface area contributed by atoms with Crippen LogP contribution in [0.5, 0.6) is 0 Å². The summed E-state index contributed by atoms with van der Waals surface area (Å²) in [5.41, 5.74) is 0.739. The van der Waals surface area contributed by atoms with Gasteiger partial charge in [-0.15, -0.1) is 0 Å². The Bertz CT molecular complexity index is 849. The molecule has 4 rings (SSSR count). The number of amides is 2. The minimum Gasteiger partial charge on any atom is -0.378 e. The molecule has 1 aromatic heterocycles. The Balaban J connectivity index is 1.37. The number of nitrogens with one attached hydrogen (secondary N) is 1. The van der Waals surface area contributed by atoms with Crippen molar-refractivity contribution in [3.8, 4) is 0 Å². The molecule has 29 heavy (non-hydrogen) atoms. The number of carbonyl (C=O) groups is 1. The highest BCUT2D eigenvalue weighted by Crippen LogP contribution is 2.22. The van der Waals surface area contributed by atoms with Gasteiger partial charge in [0, 0.05) is 56.0 Å². The first-order valence-corrected chi connectivity index (χ1v) is 10.2. The Morgan fingerprint density at radius 2 is 1.55 bits per heavy atom. The molecule has 0 radical (unpaired) electrons. The van der Waals surface area contributed by atoms with Crippen LogP contribution in [0.1, 0.15) is 5.82 Å². The fourth-order valence-electron chi connectivity index (χ4n) is 3.53. The minimum atomic E-state index is -0.0974. The molecule has 0 bridgehead atoms. The van der Waals surface area contributed by atoms with Crippen LogP contribution in [-0.2, 0) is 4.74 Å². The number of halogens is 1. The molecular weight excluding hydrogens is 392 g/mol. The highest BCUT2D eigenvalue weighted by atomic mass is 35.5. The van der Waals surface area contributed by atoms with Gasteiger partial charge in [0.05, 0.1) is 13.2 Å². The molecule has 8 nitrogen and oxygen atoms in total. The Labute approximate surface area is 175 Å². The van der Waals surface area contributed by atoms with Gasteiger partial charge in [0.25, 0.3) is 0 Å². The summed E-state index contributed by atoms with van der Waals surface area (Å²) in [6, 6.07) is 9.07. The number of anilines is 3. The predicted molar refractivity (Wildman–Crippen MR) is 114 cm³/mol. The summed E-state index contributed by atoms with van der Waals surface area (Å²) in [5, 5.41) is 3.57. The molecule has 2 amide bonds. The first-order valence-electron chi connectivity index (χ1n) is 9.83. The van der Waals surface area contributed by atoms with Crippen molar-refractivity contribution in [1.29, 1.82) is 0 Å². The Morgan fingerprint density at radius 3 is 2.17 bits per heavy atom. The molecule has 2 aromatic rings. The molecule has 2 aliphatic rings. The Hall–Kier alpha value is -2.58. The quantitative estimate of drug-likeness (QED) is 0.829. The molecule has 3 heterocycles. The number of morpholine rings is 1. The van der Waals surface area contributed by atoms with E-state index in [0.29, 0.717) is 18.1 Å². The number of aromatic nitrogens is 2. The zero-order chi connectivity index (χ0) is 20.2. The number of aryl methyl sites for hydroxylation is 1. The van der Waals surface area contributed by atoms with E-state index in [9.17, 15) is 4.79 Å². The van der Waals surface area contributed by atoms with Crippen molar-refractivity contribution in [2.45, 2.75) is 6.92 Å². The van der Waals surface area contributed by atoms with Crippen LogP contribution in [0.25, 0.3) is 0 Å².